The van der Waals surface area contributed by atoms with Gasteiger partial charge in [0.05, 0.1) is 30.6 Å². The molecule has 7 nitrogen and oxygen atoms in total. The zero-order chi connectivity index (χ0) is 19.3. The second-order valence-electron chi connectivity index (χ2n) is 7.41. The Balaban J connectivity index is 2.22. The molecule has 7 heteroatoms. The molecule has 0 aliphatic carbocycles. The molecular weight excluding hydrogens is 330 g/mol. The predicted molar refractivity (Wildman–Crippen MR) is 102 cm³/mol. The van der Waals surface area contributed by atoms with Gasteiger partial charge in [-0.05, 0) is 18.6 Å². The maximum atomic E-state index is 12.9. The number of nitrogens with zero attached hydrogens (tertiary/aromatic N) is 4. The summed E-state index contributed by atoms with van der Waals surface area (Å²) in [6.45, 7) is 8.40. The first-order valence-electron chi connectivity index (χ1n) is 8.89. The first-order chi connectivity index (χ1) is 12.3. The third-order valence-corrected chi connectivity index (χ3v) is 4.33. The number of carbonyl (C=O) groups is 1. The molecule has 1 atom stereocenters. The summed E-state index contributed by atoms with van der Waals surface area (Å²) in [5, 5.41) is 17.1. The van der Waals surface area contributed by atoms with Crippen molar-refractivity contribution in [2.45, 2.75) is 52.1 Å². The smallest absolute Gasteiger partial charge is 0.323 e. The lowest BCUT2D eigenvalue weighted by Gasteiger charge is -2.29. The van der Waals surface area contributed by atoms with Crippen molar-refractivity contribution in [1.82, 2.24) is 19.7 Å². The summed E-state index contributed by atoms with van der Waals surface area (Å²) in [6.07, 6.45) is 2.34. The minimum absolute atomic E-state index is 0.102. The lowest BCUT2D eigenvalue weighted by molar-refractivity contribution is 0.133. The van der Waals surface area contributed by atoms with Gasteiger partial charge in [0.25, 0.3) is 0 Å². The van der Waals surface area contributed by atoms with Gasteiger partial charge in [-0.15, -0.1) is 0 Å². The summed E-state index contributed by atoms with van der Waals surface area (Å²) < 4.78 is 1.66. The molecule has 0 aromatic carbocycles. The number of aryl methyl sites for hydroxylation is 1. The van der Waals surface area contributed by atoms with Crippen LogP contribution in [0.3, 0.4) is 0 Å². The number of aromatic nitrogens is 3. The predicted octanol–water partition coefficient (Wildman–Crippen LogP) is 2.92. The summed E-state index contributed by atoms with van der Waals surface area (Å²) in [5.41, 5.74) is 1.57. The van der Waals surface area contributed by atoms with Gasteiger partial charge in [0, 0.05) is 24.7 Å². The molecule has 2 rings (SSSR count). The zero-order valence-corrected chi connectivity index (χ0v) is 16.2. The van der Waals surface area contributed by atoms with Gasteiger partial charge in [0.15, 0.2) is 0 Å². The highest BCUT2D eigenvalue weighted by molar-refractivity contribution is 5.88. The van der Waals surface area contributed by atoms with E-state index in [-0.39, 0.29) is 24.1 Å². The molecule has 0 aliphatic rings. The first-order valence-corrected chi connectivity index (χ1v) is 8.89. The molecule has 0 saturated carbocycles. The highest BCUT2D eigenvalue weighted by Crippen LogP contribution is 2.24. The normalized spacial score (nSPS) is 12.7. The second kappa shape index (κ2) is 8.31. The van der Waals surface area contributed by atoms with Gasteiger partial charge < -0.3 is 10.0 Å². The van der Waals surface area contributed by atoms with Gasteiger partial charge >= 0.3 is 6.03 Å². The van der Waals surface area contributed by atoms with Gasteiger partial charge in [-0.1, -0.05) is 33.8 Å². The summed E-state index contributed by atoms with van der Waals surface area (Å²) in [5.74, 6) is 0.624. The molecule has 0 aliphatic heterocycles. The lowest BCUT2D eigenvalue weighted by atomic mass is 9.92. The van der Waals surface area contributed by atoms with Crippen molar-refractivity contribution in [3.8, 4) is 0 Å². The Morgan fingerprint density at radius 1 is 1.38 bits per heavy atom. The van der Waals surface area contributed by atoms with E-state index < -0.39 is 0 Å². The molecule has 142 valence electrons. The summed E-state index contributed by atoms with van der Waals surface area (Å²) in [4.78, 5) is 18.8. The molecule has 26 heavy (non-hydrogen) atoms. The Bertz CT molecular complexity index is 717. The summed E-state index contributed by atoms with van der Waals surface area (Å²) >= 11 is 0. The van der Waals surface area contributed by atoms with E-state index in [1.165, 1.54) is 0 Å². The quantitative estimate of drug-likeness (QED) is 0.831. The van der Waals surface area contributed by atoms with E-state index in [1.807, 2.05) is 31.2 Å². The highest BCUT2D eigenvalue weighted by atomic mass is 16.3. The van der Waals surface area contributed by atoms with Gasteiger partial charge in [0.2, 0.25) is 0 Å². The maximum absolute atomic E-state index is 12.9. The number of urea groups is 1. The van der Waals surface area contributed by atoms with Crippen LogP contribution in [-0.2, 0) is 19.0 Å². The third kappa shape index (κ3) is 4.82. The van der Waals surface area contributed by atoms with Gasteiger partial charge in [0.1, 0.15) is 5.82 Å². The van der Waals surface area contributed by atoms with Crippen molar-refractivity contribution in [3.05, 3.63) is 41.9 Å². The van der Waals surface area contributed by atoms with Crippen LogP contribution in [0.25, 0.3) is 0 Å². The number of aliphatic hydroxyl groups is 1. The number of rotatable bonds is 6. The van der Waals surface area contributed by atoms with E-state index in [9.17, 15) is 9.90 Å². The SMILES string of the molecule is CC[C@@H](CO)N(Cc1ccccn1)C(=O)Nc1cc(C(C)(C)C)nn1C. The van der Waals surface area contributed by atoms with Crippen LogP contribution in [0.15, 0.2) is 30.5 Å². The fourth-order valence-corrected chi connectivity index (χ4v) is 2.61. The minimum Gasteiger partial charge on any atom is -0.394 e. The molecule has 2 aromatic heterocycles. The second-order valence-corrected chi connectivity index (χ2v) is 7.41. The third-order valence-electron chi connectivity index (χ3n) is 4.33. The van der Waals surface area contributed by atoms with Crippen molar-refractivity contribution < 1.29 is 9.90 Å². The molecule has 0 radical (unpaired) electrons. The number of nitrogens with one attached hydrogen (secondary N) is 1. The van der Waals surface area contributed by atoms with Crippen LogP contribution in [-0.4, -0.2) is 43.5 Å². The number of anilines is 1. The standard InChI is InChI=1S/C19H29N5O2/c1-6-15(13-25)24(12-14-9-7-8-10-20-14)18(26)21-17-11-16(19(2,3)4)22-23(17)5/h7-11,15,25H,6,12-13H2,1-5H3,(H,21,26)/t15-/m0/s1. The van der Waals surface area contributed by atoms with Crippen molar-refractivity contribution in [2.75, 3.05) is 11.9 Å². The van der Waals surface area contributed by atoms with Crippen LogP contribution in [0.2, 0.25) is 0 Å². The van der Waals surface area contributed by atoms with Crippen molar-refractivity contribution in [3.63, 3.8) is 0 Å². The lowest BCUT2D eigenvalue weighted by Crippen LogP contribution is -2.44. The number of carbonyl (C=O) groups excluding carboxylic acids is 1. The average molecular weight is 359 g/mol. The Labute approximate surface area is 155 Å². The topological polar surface area (TPSA) is 83.3 Å². The van der Waals surface area contributed by atoms with E-state index in [0.717, 1.165) is 11.4 Å². The van der Waals surface area contributed by atoms with E-state index in [0.29, 0.717) is 18.8 Å². The largest absolute Gasteiger partial charge is 0.394 e. The van der Waals surface area contributed by atoms with Crippen molar-refractivity contribution in [1.29, 1.82) is 0 Å². The first kappa shape index (κ1) is 19.9. The van der Waals surface area contributed by atoms with E-state index in [2.05, 4.69) is 36.2 Å². The Hall–Kier alpha value is -2.41. The maximum Gasteiger partial charge on any atom is 0.323 e. The van der Waals surface area contributed by atoms with Gasteiger partial charge in [-0.25, -0.2) is 4.79 Å². The molecule has 2 aromatic rings. The van der Waals surface area contributed by atoms with E-state index in [4.69, 9.17) is 0 Å². The van der Waals surface area contributed by atoms with Gasteiger partial charge in [-0.2, -0.15) is 5.10 Å². The number of aliphatic hydroxyl groups excluding tert-OH is 1. The number of hydrogen-bond donors (Lipinski definition) is 2. The number of amides is 2. The monoisotopic (exact) mass is 359 g/mol. The van der Waals surface area contributed by atoms with Crippen LogP contribution in [0, 0.1) is 0 Å². The van der Waals surface area contributed by atoms with Crippen LogP contribution in [0.5, 0.6) is 0 Å². The van der Waals surface area contributed by atoms with E-state index >= 15 is 0 Å². The fraction of sp³-hybridized carbons (Fsp3) is 0.526. The van der Waals surface area contributed by atoms with Crippen molar-refractivity contribution >= 4 is 11.8 Å². The van der Waals surface area contributed by atoms with Crippen LogP contribution >= 0.6 is 0 Å². The van der Waals surface area contributed by atoms with Gasteiger partial charge in [-0.3, -0.25) is 15.0 Å². The Morgan fingerprint density at radius 3 is 2.62 bits per heavy atom. The van der Waals surface area contributed by atoms with E-state index in [1.54, 1.807) is 22.8 Å². The molecule has 2 amide bonds. The Morgan fingerprint density at radius 2 is 2.12 bits per heavy atom. The molecule has 2 heterocycles. The average Bonchev–Trinajstić information content (AvgIpc) is 2.97. The molecule has 0 unspecified atom stereocenters. The summed E-state index contributed by atoms with van der Waals surface area (Å²) in [6, 6.07) is 6.91. The summed E-state index contributed by atoms with van der Waals surface area (Å²) in [7, 11) is 1.80. The molecule has 0 fully saturated rings. The minimum atomic E-state index is -0.285. The number of hydrogen-bond acceptors (Lipinski definition) is 4. The number of pyridine rings is 1. The molecule has 0 spiro atoms. The van der Waals surface area contributed by atoms with Crippen LogP contribution in [0.1, 0.15) is 45.5 Å². The molecule has 2 N–H and O–H groups in total. The zero-order valence-electron chi connectivity index (χ0n) is 16.2. The molecule has 0 bridgehead atoms. The molecule has 0 saturated heterocycles. The van der Waals surface area contributed by atoms with Crippen LogP contribution in [0.4, 0.5) is 10.6 Å². The molecular formula is C19H29N5O2. The Kier molecular flexibility index (Phi) is 6.37. The highest BCUT2D eigenvalue weighted by Gasteiger charge is 2.25. The fourth-order valence-electron chi connectivity index (χ4n) is 2.61. The van der Waals surface area contributed by atoms with Crippen LogP contribution < -0.4 is 5.32 Å². The van der Waals surface area contributed by atoms with Crippen molar-refractivity contribution in [2.24, 2.45) is 7.05 Å².